The molecule has 200 valence electrons. The fourth-order valence-corrected chi connectivity index (χ4v) is 6.04. The third kappa shape index (κ3) is 5.56. The Bertz CT molecular complexity index is 2120. The zero-order chi connectivity index (χ0) is 28.3. The second-order valence-electron chi connectivity index (χ2n) is 7.72. The summed E-state index contributed by atoms with van der Waals surface area (Å²) in [7, 11) is -19.5. The summed E-state index contributed by atoms with van der Waals surface area (Å²) >= 11 is 0. The molecule has 0 aliphatic heterocycles. The molecule has 0 atom stereocenters. The Morgan fingerprint density at radius 2 is 1.05 bits per heavy atom. The van der Waals surface area contributed by atoms with Gasteiger partial charge in [0, 0.05) is 10.8 Å². The summed E-state index contributed by atoms with van der Waals surface area (Å²) in [5, 5.41) is 7.47. The maximum absolute atomic E-state index is 12.0. The topological polar surface area (TPSA) is 242 Å². The fraction of sp³-hybridized carbons (Fsp3) is 0. The fourth-order valence-electron chi connectivity index (χ4n) is 3.55. The number of hydrogen-bond acceptors (Lipinski definition) is 10. The molecule has 0 spiro atoms. The summed E-state index contributed by atoms with van der Waals surface area (Å²) < 4.78 is 132. The van der Waals surface area contributed by atoms with Crippen molar-refractivity contribution in [2.45, 2.75) is 19.6 Å². The summed E-state index contributed by atoms with van der Waals surface area (Å²) in [6.07, 6.45) is 0. The van der Waals surface area contributed by atoms with Gasteiger partial charge in [-0.3, -0.25) is 18.2 Å². The molecule has 0 aliphatic rings. The van der Waals surface area contributed by atoms with Crippen LogP contribution in [0.5, 0.6) is 0 Å². The minimum atomic E-state index is -5.01. The monoisotopic (exact) mass is 602 g/mol. The van der Waals surface area contributed by atoms with Crippen molar-refractivity contribution in [3.63, 3.8) is 0 Å². The van der Waals surface area contributed by atoms with Crippen LogP contribution in [-0.4, -0.2) is 51.9 Å². The zero-order valence-corrected chi connectivity index (χ0v) is 21.6. The van der Waals surface area contributed by atoms with Crippen LogP contribution in [0.4, 0.5) is 11.4 Å². The third-order valence-corrected chi connectivity index (χ3v) is 8.68. The van der Waals surface area contributed by atoms with Gasteiger partial charge in [-0.1, -0.05) is 18.2 Å². The lowest BCUT2D eigenvalue weighted by Gasteiger charge is -2.09. The van der Waals surface area contributed by atoms with Crippen LogP contribution in [-0.2, 0) is 40.5 Å². The van der Waals surface area contributed by atoms with Gasteiger partial charge in [-0.2, -0.15) is 38.8 Å². The smallest absolute Gasteiger partial charge is 0.282 e. The van der Waals surface area contributed by atoms with Gasteiger partial charge in [0.05, 0.1) is 15.5 Å². The molecule has 0 saturated carbocycles. The molecule has 0 radical (unpaired) electrons. The van der Waals surface area contributed by atoms with Crippen molar-refractivity contribution < 1.29 is 51.9 Å². The molecule has 4 aromatic rings. The number of rotatable bonds is 6. The summed E-state index contributed by atoms with van der Waals surface area (Å²) in [4.78, 5) is -3.07. The summed E-state index contributed by atoms with van der Waals surface area (Å²) in [6, 6.07) is 10.3. The molecule has 0 aromatic heterocycles. The number of fused-ring (bicyclic) bond motifs is 2. The lowest BCUT2D eigenvalue weighted by Crippen LogP contribution is -2.04. The predicted octanol–water partition coefficient (Wildman–Crippen LogP) is 3.40. The van der Waals surface area contributed by atoms with Crippen LogP contribution < -0.4 is 0 Å². The van der Waals surface area contributed by atoms with E-state index in [9.17, 15) is 51.9 Å². The van der Waals surface area contributed by atoms with Crippen molar-refractivity contribution in [3.8, 4) is 0 Å². The SMILES string of the molecule is O=S(=O)(O)c1cc(S(=O)(=O)O)c2cc(N=Nc3c(S(=O)(=O)O)ccc4ccc(S(=O)(=O)O)cc34)ccc2c1. The van der Waals surface area contributed by atoms with Crippen molar-refractivity contribution in [2.24, 2.45) is 10.2 Å². The first-order chi connectivity index (χ1) is 17.4. The van der Waals surface area contributed by atoms with Crippen LogP contribution in [0, 0.1) is 0 Å². The Labute approximate surface area is 215 Å². The zero-order valence-electron chi connectivity index (χ0n) is 18.4. The minimum Gasteiger partial charge on any atom is -0.282 e. The van der Waals surface area contributed by atoms with Crippen molar-refractivity contribution in [1.29, 1.82) is 0 Å². The number of hydrogen-bond donors (Lipinski definition) is 4. The van der Waals surface area contributed by atoms with Gasteiger partial charge in [-0.15, -0.1) is 5.11 Å². The largest absolute Gasteiger partial charge is 0.296 e. The highest BCUT2D eigenvalue weighted by Crippen LogP contribution is 2.37. The van der Waals surface area contributed by atoms with E-state index in [1.54, 1.807) is 0 Å². The molecule has 0 amide bonds. The molecular weight excluding hydrogens is 588 g/mol. The highest BCUT2D eigenvalue weighted by Gasteiger charge is 2.22. The van der Waals surface area contributed by atoms with E-state index in [0.717, 1.165) is 30.3 Å². The van der Waals surface area contributed by atoms with E-state index in [4.69, 9.17) is 0 Å². The molecule has 0 unspecified atom stereocenters. The van der Waals surface area contributed by atoms with Crippen LogP contribution in [0.3, 0.4) is 0 Å². The van der Waals surface area contributed by atoms with Crippen LogP contribution in [0.25, 0.3) is 21.5 Å². The van der Waals surface area contributed by atoms with E-state index in [1.165, 1.54) is 24.3 Å². The van der Waals surface area contributed by atoms with Crippen molar-refractivity contribution in [1.82, 2.24) is 0 Å². The highest BCUT2D eigenvalue weighted by atomic mass is 32.2. The van der Waals surface area contributed by atoms with E-state index in [1.807, 2.05) is 0 Å². The maximum Gasteiger partial charge on any atom is 0.296 e. The molecule has 18 heteroatoms. The molecule has 0 saturated heterocycles. The maximum atomic E-state index is 12.0. The Hall–Kier alpha value is -3.36. The lowest BCUT2D eigenvalue weighted by molar-refractivity contribution is 0.479. The van der Waals surface area contributed by atoms with E-state index in [-0.39, 0.29) is 27.2 Å². The first-order valence-electron chi connectivity index (χ1n) is 9.82. The molecule has 4 N–H and O–H groups in total. The predicted molar refractivity (Wildman–Crippen MR) is 131 cm³/mol. The Morgan fingerprint density at radius 1 is 0.474 bits per heavy atom. The van der Waals surface area contributed by atoms with E-state index in [0.29, 0.717) is 6.07 Å². The molecule has 14 nitrogen and oxygen atoms in total. The van der Waals surface area contributed by atoms with E-state index in [2.05, 4.69) is 10.2 Å². The number of nitrogens with zero attached hydrogens (tertiary/aromatic N) is 2. The first kappa shape index (κ1) is 27.7. The molecule has 0 bridgehead atoms. The van der Waals surface area contributed by atoms with E-state index >= 15 is 0 Å². The first-order valence-corrected chi connectivity index (χ1v) is 15.6. The van der Waals surface area contributed by atoms with Crippen molar-refractivity contribution in [3.05, 3.63) is 60.7 Å². The van der Waals surface area contributed by atoms with Crippen LogP contribution in [0.1, 0.15) is 0 Å². The van der Waals surface area contributed by atoms with Gasteiger partial charge in [0.25, 0.3) is 40.5 Å². The third-order valence-electron chi connectivity index (χ3n) is 5.22. The van der Waals surface area contributed by atoms with Gasteiger partial charge in [0.2, 0.25) is 0 Å². The second kappa shape index (κ2) is 9.13. The van der Waals surface area contributed by atoms with Crippen molar-refractivity contribution >= 4 is 73.4 Å². The van der Waals surface area contributed by atoms with Gasteiger partial charge in [-0.25, -0.2) is 0 Å². The van der Waals surface area contributed by atoms with Crippen LogP contribution in [0.15, 0.2) is 90.5 Å². The Kier molecular flexibility index (Phi) is 6.65. The summed E-state index contributed by atoms with van der Waals surface area (Å²) in [5.74, 6) is 0. The average molecular weight is 603 g/mol. The normalized spacial score (nSPS) is 13.5. The van der Waals surface area contributed by atoms with E-state index < -0.39 is 65.7 Å². The van der Waals surface area contributed by atoms with Crippen molar-refractivity contribution in [2.75, 3.05) is 0 Å². The lowest BCUT2D eigenvalue weighted by atomic mass is 10.1. The molecule has 0 heterocycles. The van der Waals surface area contributed by atoms with Gasteiger partial charge in [0.15, 0.2) is 0 Å². The quantitative estimate of drug-likeness (QED) is 0.183. The number of benzene rings is 4. The molecule has 4 aromatic carbocycles. The number of azo groups is 1. The van der Waals surface area contributed by atoms with Gasteiger partial charge in [0.1, 0.15) is 15.5 Å². The van der Waals surface area contributed by atoms with Gasteiger partial charge >= 0.3 is 0 Å². The standard InChI is InChI=1S/C20H14N2O12S4/c23-35(24,25)14-5-2-11-3-6-18(37(29,30)31)20(17(11)9-14)22-21-13-4-1-12-7-15(36(26,27)28)10-19(16(12)8-13)38(32,33)34/h1-10H,(H,23,24,25)(H,26,27,28)(H,29,30,31)(H,32,33,34). The summed E-state index contributed by atoms with van der Waals surface area (Å²) in [5.41, 5.74) is -0.668. The molecule has 4 rings (SSSR count). The molecule has 0 aliphatic carbocycles. The second-order valence-corrected chi connectivity index (χ2v) is 13.3. The molecular formula is C20H14N2O12S4. The van der Waals surface area contributed by atoms with Gasteiger partial charge < -0.3 is 0 Å². The summed E-state index contributed by atoms with van der Waals surface area (Å²) in [6.45, 7) is 0. The van der Waals surface area contributed by atoms with Crippen LogP contribution >= 0.6 is 0 Å². The Morgan fingerprint density at radius 3 is 1.63 bits per heavy atom. The highest BCUT2D eigenvalue weighted by molar-refractivity contribution is 7.87. The molecule has 0 fully saturated rings. The molecule has 38 heavy (non-hydrogen) atoms. The van der Waals surface area contributed by atoms with Gasteiger partial charge in [-0.05, 0) is 53.2 Å². The Balaban J connectivity index is 1.98. The average Bonchev–Trinajstić information content (AvgIpc) is 2.78. The minimum absolute atomic E-state index is 0.0479. The van der Waals surface area contributed by atoms with Crippen LogP contribution in [0.2, 0.25) is 0 Å².